The van der Waals surface area contributed by atoms with E-state index in [0.29, 0.717) is 0 Å². The molecule has 0 radical (unpaired) electrons. The largest absolute Gasteiger partial charge is 1.00 e. The Bertz CT molecular complexity index is 282. The summed E-state index contributed by atoms with van der Waals surface area (Å²) < 4.78 is 81.3. The van der Waals surface area contributed by atoms with Crippen LogP contribution in [0.5, 0.6) is 0 Å². The second kappa shape index (κ2) is 4.99. The number of alkyl halides is 5. The van der Waals surface area contributed by atoms with Crippen molar-refractivity contribution < 1.29 is 63.0 Å². The minimum Gasteiger partial charge on any atom is -0.542 e. The molecular weight excluding hydrogens is 333 g/mol. The van der Waals surface area contributed by atoms with Crippen molar-refractivity contribution in [1.29, 1.82) is 0 Å². The Hall–Kier alpha value is -0.540. The second-order valence-corrected chi connectivity index (χ2v) is 1.99. The molecule has 0 atom stereocenters. The quantitative estimate of drug-likeness (QED) is 0.431. The van der Waals surface area contributed by atoms with E-state index in [2.05, 4.69) is 0 Å². The van der Waals surface area contributed by atoms with Crippen molar-refractivity contribution in [2.45, 2.75) is 12.1 Å². The summed E-state index contributed by atoms with van der Waals surface area (Å²) in [5.74, 6) is -16.3. The van der Waals surface area contributed by atoms with Crippen molar-refractivity contribution in [3.8, 4) is 0 Å². The number of aliphatic carboxylic acids is 1. The first kappa shape index (κ1) is 16.9. The average molecular weight is 333 g/mol. The van der Waals surface area contributed by atoms with E-state index >= 15 is 0 Å². The number of hydrogen-bond donors (Lipinski definition) is 0. The zero-order valence-corrected chi connectivity index (χ0v) is 7.75. The molecule has 0 unspecified atom stereocenters. The maximum atomic E-state index is 11.9. The SMILES string of the molecule is O=C([O-])C(F)=C(F)C(F)(F)C(F)(F)F.[Ag+]. The van der Waals surface area contributed by atoms with E-state index < -0.39 is 29.7 Å². The molecule has 15 heavy (non-hydrogen) atoms. The summed E-state index contributed by atoms with van der Waals surface area (Å²) in [7, 11) is 0. The number of allylic oxidation sites excluding steroid dienone is 1. The number of carboxylic acid groups (broad SMARTS) is 1. The van der Waals surface area contributed by atoms with Crippen LogP contribution in [0.1, 0.15) is 0 Å². The minimum atomic E-state index is -6.41. The van der Waals surface area contributed by atoms with E-state index in [1.54, 1.807) is 0 Å². The summed E-state index contributed by atoms with van der Waals surface area (Å²) in [6, 6.07) is 0. The molecule has 0 heterocycles. The molecule has 0 aliphatic carbocycles. The van der Waals surface area contributed by atoms with Crippen molar-refractivity contribution in [3.63, 3.8) is 0 Å². The zero-order chi connectivity index (χ0) is 11.7. The van der Waals surface area contributed by atoms with Crippen LogP contribution in [0.15, 0.2) is 11.7 Å². The molecule has 0 aliphatic rings. The van der Waals surface area contributed by atoms with Gasteiger partial charge < -0.3 is 9.90 Å². The summed E-state index contributed by atoms with van der Waals surface area (Å²) in [6.07, 6.45) is -6.41. The number of hydrogen-bond acceptors (Lipinski definition) is 2. The Labute approximate surface area is 93.3 Å². The van der Waals surface area contributed by atoms with Crippen LogP contribution in [-0.2, 0) is 27.2 Å². The number of carboxylic acids is 1. The van der Waals surface area contributed by atoms with Gasteiger partial charge in [-0.25, -0.2) is 8.78 Å². The van der Waals surface area contributed by atoms with Gasteiger partial charge in [-0.1, -0.05) is 0 Å². The fourth-order valence-corrected chi connectivity index (χ4v) is 0.352. The van der Waals surface area contributed by atoms with Crippen molar-refractivity contribution >= 4 is 5.97 Å². The van der Waals surface area contributed by atoms with Crippen LogP contribution < -0.4 is 5.11 Å². The average Bonchev–Trinajstić information content (AvgIpc) is 1.99. The molecule has 0 saturated heterocycles. The van der Waals surface area contributed by atoms with Crippen LogP contribution in [0, 0.1) is 0 Å². The summed E-state index contributed by atoms with van der Waals surface area (Å²) in [6.45, 7) is 0. The number of halogens is 7. The molecule has 92 valence electrons. The van der Waals surface area contributed by atoms with E-state index in [-0.39, 0.29) is 22.4 Å². The molecular formula is C5AgF7O2. The van der Waals surface area contributed by atoms with Crippen LogP contribution in [0.25, 0.3) is 0 Å². The predicted octanol–water partition coefficient (Wildman–Crippen LogP) is 1.08. The Balaban J connectivity index is 0. The van der Waals surface area contributed by atoms with Crippen molar-refractivity contribution in [1.82, 2.24) is 0 Å². The van der Waals surface area contributed by atoms with Crippen molar-refractivity contribution in [2.75, 3.05) is 0 Å². The van der Waals surface area contributed by atoms with Gasteiger partial charge in [0.1, 0.15) is 5.97 Å². The van der Waals surface area contributed by atoms with Crippen LogP contribution >= 0.6 is 0 Å². The van der Waals surface area contributed by atoms with Gasteiger partial charge in [-0.2, -0.15) is 22.0 Å². The third-order valence-corrected chi connectivity index (χ3v) is 1.00. The standard InChI is InChI=1S/C5HF7O2.Ag/c6-1(3(13)14)2(7)4(8,9)5(10,11)12;/h(H,13,14);/q;+1/p-1. The van der Waals surface area contributed by atoms with E-state index in [9.17, 15) is 40.6 Å². The van der Waals surface area contributed by atoms with Gasteiger partial charge >= 0.3 is 34.5 Å². The van der Waals surface area contributed by atoms with E-state index in [4.69, 9.17) is 0 Å². The molecule has 0 aromatic carbocycles. The van der Waals surface area contributed by atoms with Crippen molar-refractivity contribution in [3.05, 3.63) is 11.7 Å². The summed E-state index contributed by atoms with van der Waals surface area (Å²) in [5.41, 5.74) is 0. The monoisotopic (exact) mass is 332 g/mol. The molecule has 0 fully saturated rings. The molecule has 0 spiro atoms. The predicted molar refractivity (Wildman–Crippen MR) is 25.3 cm³/mol. The maximum Gasteiger partial charge on any atom is 1.00 e. The van der Waals surface area contributed by atoms with Gasteiger partial charge in [0.2, 0.25) is 5.83 Å². The first-order chi connectivity index (χ1) is 6.01. The van der Waals surface area contributed by atoms with Crippen LogP contribution in [0.2, 0.25) is 0 Å². The summed E-state index contributed by atoms with van der Waals surface area (Å²) >= 11 is 0. The van der Waals surface area contributed by atoms with Gasteiger partial charge in [0.15, 0.2) is 5.83 Å². The van der Waals surface area contributed by atoms with Gasteiger partial charge in [-0.3, -0.25) is 0 Å². The zero-order valence-electron chi connectivity index (χ0n) is 6.26. The topological polar surface area (TPSA) is 40.1 Å². The fraction of sp³-hybridized carbons (Fsp3) is 0.400. The Kier molecular flexibility index (Phi) is 5.62. The van der Waals surface area contributed by atoms with E-state index in [1.807, 2.05) is 0 Å². The van der Waals surface area contributed by atoms with E-state index in [0.717, 1.165) is 0 Å². The van der Waals surface area contributed by atoms with Crippen LogP contribution in [0.4, 0.5) is 30.7 Å². The second-order valence-electron chi connectivity index (χ2n) is 1.99. The summed E-state index contributed by atoms with van der Waals surface area (Å²) in [5, 5.41) is 9.43. The third kappa shape index (κ3) is 3.50. The summed E-state index contributed by atoms with van der Waals surface area (Å²) in [4.78, 5) is 9.43. The van der Waals surface area contributed by atoms with Gasteiger partial charge in [-0.05, 0) is 0 Å². The minimum absolute atomic E-state index is 0. The molecule has 0 aliphatic heterocycles. The molecule has 0 aromatic heterocycles. The smallest absolute Gasteiger partial charge is 0.542 e. The normalized spacial score (nSPS) is 14.1. The molecule has 0 rings (SSSR count). The first-order valence-corrected chi connectivity index (χ1v) is 2.73. The number of carbonyl (C=O) groups excluding carboxylic acids is 1. The molecule has 0 aromatic rings. The van der Waals surface area contributed by atoms with Gasteiger partial charge in [0.05, 0.1) is 0 Å². The number of carbonyl (C=O) groups is 1. The Morgan fingerprint density at radius 2 is 1.33 bits per heavy atom. The molecule has 0 amide bonds. The van der Waals surface area contributed by atoms with Gasteiger partial charge in [0.25, 0.3) is 0 Å². The Morgan fingerprint density at radius 1 is 1.00 bits per heavy atom. The van der Waals surface area contributed by atoms with Crippen LogP contribution in [0.3, 0.4) is 0 Å². The molecule has 0 bridgehead atoms. The molecule has 2 nitrogen and oxygen atoms in total. The fourth-order valence-electron chi connectivity index (χ4n) is 0.352. The van der Waals surface area contributed by atoms with Crippen molar-refractivity contribution in [2.24, 2.45) is 0 Å². The molecule has 0 saturated carbocycles. The third-order valence-electron chi connectivity index (χ3n) is 1.00. The maximum absolute atomic E-state index is 11.9. The first-order valence-electron chi connectivity index (χ1n) is 2.73. The van der Waals surface area contributed by atoms with E-state index in [1.165, 1.54) is 0 Å². The molecule has 0 N–H and O–H groups in total. The van der Waals surface area contributed by atoms with Gasteiger partial charge in [0, 0.05) is 0 Å². The number of rotatable bonds is 2. The molecule has 10 heteroatoms. The Morgan fingerprint density at radius 3 is 1.53 bits per heavy atom. The van der Waals surface area contributed by atoms with Crippen LogP contribution in [-0.4, -0.2) is 18.1 Å². The van der Waals surface area contributed by atoms with Gasteiger partial charge in [-0.15, -0.1) is 0 Å².